The fourth-order valence-electron chi connectivity index (χ4n) is 2.81. The summed E-state index contributed by atoms with van der Waals surface area (Å²) in [4.78, 5) is 0. The number of fused-ring (bicyclic) bond motifs is 1. The first-order valence-electron chi connectivity index (χ1n) is 7.84. The Hall–Kier alpha value is -1.06. The second-order valence-corrected chi connectivity index (χ2v) is 5.87. The highest BCUT2D eigenvalue weighted by Crippen LogP contribution is 2.25. The minimum absolute atomic E-state index is 0.322. The van der Waals surface area contributed by atoms with Crippen LogP contribution in [0, 0.1) is 0 Å². The van der Waals surface area contributed by atoms with Crippen LogP contribution >= 0.6 is 0 Å². The molecule has 3 nitrogen and oxygen atoms in total. The van der Waals surface area contributed by atoms with Crippen LogP contribution in [-0.2, 0) is 12.8 Å². The monoisotopic (exact) mass is 277 g/mol. The van der Waals surface area contributed by atoms with Crippen LogP contribution in [0.2, 0.25) is 0 Å². The number of aryl methyl sites for hydroxylation is 2. The van der Waals surface area contributed by atoms with Gasteiger partial charge in [-0.2, -0.15) is 0 Å². The number of benzene rings is 1. The molecule has 0 amide bonds. The first kappa shape index (κ1) is 15.3. The van der Waals surface area contributed by atoms with Crippen LogP contribution in [0.3, 0.4) is 0 Å². The minimum Gasteiger partial charge on any atom is -0.494 e. The van der Waals surface area contributed by atoms with E-state index in [2.05, 4.69) is 18.2 Å². The third-order valence-electron chi connectivity index (χ3n) is 4.41. The van der Waals surface area contributed by atoms with Crippen molar-refractivity contribution >= 4 is 0 Å². The van der Waals surface area contributed by atoms with Crippen LogP contribution in [0.1, 0.15) is 50.2 Å². The number of hydrogen-bond donors (Lipinski definition) is 2. The number of aliphatic hydroxyl groups is 1. The maximum Gasteiger partial charge on any atom is 0.119 e. The van der Waals surface area contributed by atoms with Crippen LogP contribution in [0.4, 0.5) is 0 Å². The Morgan fingerprint density at radius 1 is 1.25 bits per heavy atom. The fourth-order valence-corrected chi connectivity index (χ4v) is 2.81. The highest BCUT2D eigenvalue weighted by Gasteiger charge is 2.21. The van der Waals surface area contributed by atoms with Crippen molar-refractivity contribution in [2.24, 2.45) is 5.73 Å². The molecule has 0 spiro atoms. The van der Waals surface area contributed by atoms with Gasteiger partial charge < -0.3 is 15.6 Å². The van der Waals surface area contributed by atoms with Crippen molar-refractivity contribution < 1.29 is 9.84 Å². The van der Waals surface area contributed by atoms with Gasteiger partial charge in [-0.15, -0.1) is 0 Å². The molecule has 1 atom stereocenters. The lowest BCUT2D eigenvalue weighted by Gasteiger charge is -2.24. The van der Waals surface area contributed by atoms with Crippen LogP contribution in [0.5, 0.6) is 5.75 Å². The van der Waals surface area contributed by atoms with Crippen LogP contribution in [-0.4, -0.2) is 23.9 Å². The van der Waals surface area contributed by atoms with E-state index in [0.717, 1.165) is 12.2 Å². The molecule has 1 unspecified atom stereocenters. The molecular weight excluding hydrogens is 250 g/mol. The SMILES string of the molecule is CCC(O)(CN)CCCOc1ccc2c(c1)CCCC2. The smallest absolute Gasteiger partial charge is 0.119 e. The Labute approximate surface area is 122 Å². The maximum atomic E-state index is 10.1. The summed E-state index contributed by atoms with van der Waals surface area (Å²) in [5.74, 6) is 0.957. The van der Waals surface area contributed by atoms with E-state index in [1.54, 1.807) is 0 Å². The lowest BCUT2D eigenvalue weighted by atomic mass is 9.92. The van der Waals surface area contributed by atoms with E-state index in [1.807, 2.05) is 6.92 Å². The number of rotatable bonds is 7. The van der Waals surface area contributed by atoms with Gasteiger partial charge in [0.15, 0.2) is 0 Å². The zero-order valence-corrected chi connectivity index (χ0v) is 12.5. The molecule has 3 heteroatoms. The second kappa shape index (κ2) is 7.09. The van der Waals surface area contributed by atoms with E-state index in [0.29, 0.717) is 26.0 Å². The zero-order valence-electron chi connectivity index (χ0n) is 12.5. The Kier molecular flexibility index (Phi) is 5.44. The summed E-state index contributed by atoms with van der Waals surface area (Å²) >= 11 is 0. The van der Waals surface area contributed by atoms with Gasteiger partial charge in [0.1, 0.15) is 5.75 Å². The van der Waals surface area contributed by atoms with Gasteiger partial charge in [0, 0.05) is 6.54 Å². The van der Waals surface area contributed by atoms with Gasteiger partial charge >= 0.3 is 0 Å². The summed E-state index contributed by atoms with van der Waals surface area (Å²) in [5, 5.41) is 10.1. The number of ether oxygens (including phenoxy) is 1. The highest BCUT2D eigenvalue weighted by atomic mass is 16.5. The molecule has 0 aliphatic heterocycles. The van der Waals surface area contributed by atoms with Crippen molar-refractivity contribution in [2.45, 2.75) is 57.5 Å². The van der Waals surface area contributed by atoms with E-state index < -0.39 is 5.60 Å². The first-order chi connectivity index (χ1) is 9.67. The lowest BCUT2D eigenvalue weighted by molar-refractivity contribution is 0.0309. The molecule has 0 heterocycles. The zero-order chi connectivity index (χ0) is 14.4. The average molecular weight is 277 g/mol. The van der Waals surface area contributed by atoms with Crippen LogP contribution in [0.25, 0.3) is 0 Å². The molecule has 112 valence electrons. The summed E-state index contributed by atoms with van der Waals surface area (Å²) in [7, 11) is 0. The van der Waals surface area contributed by atoms with Gasteiger partial charge in [-0.25, -0.2) is 0 Å². The summed E-state index contributed by atoms with van der Waals surface area (Å²) in [5.41, 5.74) is 7.80. The largest absolute Gasteiger partial charge is 0.494 e. The molecule has 0 aromatic heterocycles. The van der Waals surface area contributed by atoms with E-state index in [1.165, 1.54) is 36.8 Å². The van der Waals surface area contributed by atoms with Crippen molar-refractivity contribution in [3.63, 3.8) is 0 Å². The predicted molar refractivity (Wildman–Crippen MR) is 82.1 cm³/mol. The normalized spacial score (nSPS) is 17.4. The van der Waals surface area contributed by atoms with Crippen molar-refractivity contribution in [1.82, 2.24) is 0 Å². The quantitative estimate of drug-likeness (QED) is 0.754. The lowest BCUT2D eigenvalue weighted by Crippen LogP contribution is -2.37. The topological polar surface area (TPSA) is 55.5 Å². The Bertz CT molecular complexity index is 427. The third-order valence-corrected chi connectivity index (χ3v) is 4.41. The van der Waals surface area contributed by atoms with Crippen molar-refractivity contribution in [3.8, 4) is 5.75 Å². The van der Waals surface area contributed by atoms with Crippen molar-refractivity contribution in [2.75, 3.05) is 13.2 Å². The molecule has 1 aliphatic carbocycles. The van der Waals surface area contributed by atoms with Gasteiger partial charge in [-0.05, 0) is 68.2 Å². The molecule has 1 aliphatic rings. The van der Waals surface area contributed by atoms with Gasteiger partial charge in [0.05, 0.1) is 12.2 Å². The van der Waals surface area contributed by atoms with Gasteiger partial charge in [0.25, 0.3) is 0 Å². The van der Waals surface area contributed by atoms with Crippen LogP contribution in [0.15, 0.2) is 18.2 Å². The van der Waals surface area contributed by atoms with Crippen molar-refractivity contribution in [3.05, 3.63) is 29.3 Å². The number of nitrogens with two attached hydrogens (primary N) is 1. The molecule has 0 saturated carbocycles. The fraction of sp³-hybridized carbons (Fsp3) is 0.647. The summed E-state index contributed by atoms with van der Waals surface area (Å²) < 4.78 is 5.80. The Balaban J connectivity index is 1.80. The maximum absolute atomic E-state index is 10.1. The van der Waals surface area contributed by atoms with Gasteiger partial charge in [-0.3, -0.25) is 0 Å². The highest BCUT2D eigenvalue weighted by molar-refractivity contribution is 5.37. The predicted octanol–water partition coefficient (Wildman–Crippen LogP) is 2.82. The van der Waals surface area contributed by atoms with Crippen molar-refractivity contribution in [1.29, 1.82) is 0 Å². The molecule has 3 N–H and O–H groups in total. The number of hydrogen-bond acceptors (Lipinski definition) is 3. The third kappa shape index (κ3) is 3.97. The Morgan fingerprint density at radius 2 is 2.00 bits per heavy atom. The molecule has 0 saturated heterocycles. The van der Waals surface area contributed by atoms with E-state index in [9.17, 15) is 5.11 Å². The summed E-state index contributed by atoms with van der Waals surface area (Å²) in [6, 6.07) is 6.45. The molecule has 0 radical (unpaired) electrons. The van der Waals surface area contributed by atoms with E-state index in [4.69, 9.17) is 10.5 Å². The van der Waals surface area contributed by atoms with Crippen LogP contribution < -0.4 is 10.5 Å². The Morgan fingerprint density at radius 3 is 2.70 bits per heavy atom. The average Bonchev–Trinajstić information content (AvgIpc) is 2.51. The molecule has 0 bridgehead atoms. The summed E-state index contributed by atoms with van der Waals surface area (Å²) in [6.45, 7) is 2.93. The molecule has 1 aromatic carbocycles. The van der Waals surface area contributed by atoms with Gasteiger partial charge in [-0.1, -0.05) is 13.0 Å². The van der Waals surface area contributed by atoms with E-state index >= 15 is 0 Å². The molecule has 20 heavy (non-hydrogen) atoms. The summed E-state index contributed by atoms with van der Waals surface area (Å²) in [6.07, 6.45) is 7.20. The molecular formula is C17H27NO2. The van der Waals surface area contributed by atoms with Gasteiger partial charge in [0.2, 0.25) is 0 Å². The second-order valence-electron chi connectivity index (χ2n) is 5.87. The molecule has 2 rings (SSSR count). The molecule has 1 aromatic rings. The standard InChI is InChI=1S/C17H27NO2/c1-2-17(19,13-18)10-5-11-20-16-9-8-14-6-3-4-7-15(14)12-16/h8-9,12,19H,2-7,10-11,13,18H2,1H3. The van der Waals surface area contributed by atoms with E-state index in [-0.39, 0.29) is 0 Å². The molecule has 0 fully saturated rings. The minimum atomic E-state index is -0.723. The first-order valence-corrected chi connectivity index (χ1v) is 7.84.